The number of ether oxygens (including phenoxy) is 2. The van der Waals surface area contributed by atoms with Crippen LogP contribution in [0.5, 0.6) is 11.5 Å². The number of nitrogens with one attached hydrogen (secondary N) is 1. The standard InChI is InChI=1S/C21H32N2O4/c1-3-14-26-19-8-6-17(16-20(19)27-15-4-2)18(24)7-9-21(25)23-12-5-10-22-11-13-23/h6,8,16,22H,3-5,7,9-15H2,1-2H3. The summed E-state index contributed by atoms with van der Waals surface area (Å²) in [6.07, 6.45) is 3.20. The van der Waals surface area contributed by atoms with Crippen molar-refractivity contribution >= 4 is 11.7 Å². The number of benzene rings is 1. The lowest BCUT2D eigenvalue weighted by Gasteiger charge is -2.19. The van der Waals surface area contributed by atoms with Gasteiger partial charge >= 0.3 is 0 Å². The van der Waals surface area contributed by atoms with Crippen LogP contribution in [0.2, 0.25) is 0 Å². The molecule has 2 rings (SSSR count). The molecule has 6 nitrogen and oxygen atoms in total. The summed E-state index contributed by atoms with van der Waals surface area (Å²) in [5, 5.41) is 3.28. The van der Waals surface area contributed by atoms with Gasteiger partial charge in [0.25, 0.3) is 0 Å². The Kier molecular flexibility index (Phi) is 9.11. The van der Waals surface area contributed by atoms with Crippen LogP contribution in [-0.2, 0) is 4.79 Å². The first-order valence-corrected chi connectivity index (χ1v) is 10.1. The van der Waals surface area contributed by atoms with Crippen LogP contribution < -0.4 is 14.8 Å². The summed E-state index contributed by atoms with van der Waals surface area (Å²) in [5.41, 5.74) is 0.565. The maximum absolute atomic E-state index is 12.6. The molecule has 1 saturated heterocycles. The summed E-state index contributed by atoms with van der Waals surface area (Å²) < 4.78 is 11.5. The van der Waals surface area contributed by atoms with Crippen LogP contribution in [-0.4, -0.2) is 56.0 Å². The van der Waals surface area contributed by atoms with Crippen molar-refractivity contribution in [2.24, 2.45) is 0 Å². The van der Waals surface area contributed by atoms with Crippen molar-refractivity contribution in [1.29, 1.82) is 0 Å². The van der Waals surface area contributed by atoms with Crippen molar-refractivity contribution in [3.63, 3.8) is 0 Å². The Morgan fingerprint density at radius 3 is 2.48 bits per heavy atom. The van der Waals surface area contributed by atoms with E-state index in [4.69, 9.17) is 9.47 Å². The van der Waals surface area contributed by atoms with E-state index >= 15 is 0 Å². The first-order valence-electron chi connectivity index (χ1n) is 10.1. The van der Waals surface area contributed by atoms with E-state index in [1.807, 2.05) is 18.7 Å². The molecule has 1 amide bonds. The molecular weight excluding hydrogens is 344 g/mol. The maximum atomic E-state index is 12.6. The summed E-state index contributed by atoms with van der Waals surface area (Å²) in [6, 6.07) is 5.28. The van der Waals surface area contributed by atoms with Crippen LogP contribution >= 0.6 is 0 Å². The monoisotopic (exact) mass is 376 g/mol. The number of carbonyl (C=O) groups is 2. The molecule has 27 heavy (non-hydrogen) atoms. The molecule has 6 heteroatoms. The Bertz CT molecular complexity index is 610. The summed E-state index contributed by atoms with van der Waals surface area (Å²) in [4.78, 5) is 26.8. The number of rotatable bonds is 10. The molecule has 0 aliphatic carbocycles. The third-order valence-corrected chi connectivity index (χ3v) is 4.45. The first-order chi connectivity index (χ1) is 13.2. The Morgan fingerprint density at radius 1 is 1.00 bits per heavy atom. The average Bonchev–Trinajstić information content (AvgIpc) is 2.98. The number of hydrogen-bond donors (Lipinski definition) is 1. The van der Waals surface area contributed by atoms with Crippen molar-refractivity contribution in [2.75, 3.05) is 39.4 Å². The molecule has 1 aromatic rings. The number of carbonyl (C=O) groups excluding carboxylic acids is 2. The summed E-state index contributed by atoms with van der Waals surface area (Å²) in [5.74, 6) is 1.27. The maximum Gasteiger partial charge on any atom is 0.223 e. The lowest BCUT2D eigenvalue weighted by Crippen LogP contribution is -2.34. The highest BCUT2D eigenvalue weighted by molar-refractivity contribution is 5.98. The van der Waals surface area contributed by atoms with Crippen molar-refractivity contribution in [3.05, 3.63) is 23.8 Å². The number of nitrogens with zero attached hydrogens (tertiary/aromatic N) is 1. The van der Waals surface area contributed by atoms with Gasteiger partial charge in [-0.2, -0.15) is 0 Å². The third kappa shape index (κ3) is 6.86. The van der Waals surface area contributed by atoms with E-state index in [-0.39, 0.29) is 24.5 Å². The topological polar surface area (TPSA) is 67.9 Å². The van der Waals surface area contributed by atoms with Gasteiger partial charge < -0.3 is 19.7 Å². The molecule has 0 bridgehead atoms. The summed E-state index contributed by atoms with van der Waals surface area (Å²) >= 11 is 0. The van der Waals surface area contributed by atoms with Gasteiger partial charge in [0.15, 0.2) is 17.3 Å². The highest BCUT2D eigenvalue weighted by Crippen LogP contribution is 2.29. The minimum absolute atomic E-state index is 0.0420. The van der Waals surface area contributed by atoms with Gasteiger partial charge in [-0.1, -0.05) is 13.8 Å². The quantitative estimate of drug-likeness (QED) is 0.636. The van der Waals surface area contributed by atoms with Gasteiger partial charge in [0.2, 0.25) is 5.91 Å². The Morgan fingerprint density at radius 2 is 1.74 bits per heavy atom. The second-order valence-corrected chi connectivity index (χ2v) is 6.77. The molecule has 1 aliphatic rings. The Balaban J connectivity index is 1.96. The zero-order valence-electron chi connectivity index (χ0n) is 16.6. The second kappa shape index (κ2) is 11.6. The first kappa shape index (κ1) is 21.2. The van der Waals surface area contributed by atoms with Gasteiger partial charge in [0.1, 0.15) is 0 Å². The van der Waals surface area contributed by atoms with E-state index in [9.17, 15) is 9.59 Å². The van der Waals surface area contributed by atoms with Crippen LogP contribution in [0.3, 0.4) is 0 Å². The van der Waals surface area contributed by atoms with Crippen molar-refractivity contribution in [1.82, 2.24) is 10.2 Å². The number of Topliss-reactive ketones (excluding diaryl/α,β-unsaturated/α-hetero) is 1. The molecule has 0 radical (unpaired) electrons. The van der Waals surface area contributed by atoms with Gasteiger partial charge in [-0.15, -0.1) is 0 Å². The second-order valence-electron chi connectivity index (χ2n) is 6.77. The van der Waals surface area contributed by atoms with E-state index in [2.05, 4.69) is 5.32 Å². The lowest BCUT2D eigenvalue weighted by atomic mass is 10.1. The molecule has 1 aromatic carbocycles. The fourth-order valence-electron chi connectivity index (χ4n) is 2.96. The number of ketones is 1. The molecule has 0 aromatic heterocycles. The predicted octanol–water partition coefficient (Wildman–Crippen LogP) is 3.05. The van der Waals surface area contributed by atoms with Gasteiger partial charge in [-0.3, -0.25) is 9.59 Å². The van der Waals surface area contributed by atoms with E-state index in [0.29, 0.717) is 36.8 Å². The SMILES string of the molecule is CCCOc1ccc(C(=O)CCC(=O)N2CCCNCC2)cc1OCCC. The van der Waals surface area contributed by atoms with Crippen LogP contribution in [0.4, 0.5) is 0 Å². The molecular formula is C21H32N2O4. The molecule has 150 valence electrons. The zero-order valence-corrected chi connectivity index (χ0v) is 16.6. The van der Waals surface area contributed by atoms with Gasteiger partial charge in [0, 0.05) is 38.0 Å². The normalized spacial score (nSPS) is 14.5. The van der Waals surface area contributed by atoms with Crippen LogP contribution in [0, 0.1) is 0 Å². The Labute approximate surface area is 162 Å². The van der Waals surface area contributed by atoms with E-state index in [1.54, 1.807) is 18.2 Å². The zero-order chi connectivity index (χ0) is 19.5. The van der Waals surface area contributed by atoms with Gasteiger partial charge in [0.05, 0.1) is 13.2 Å². The van der Waals surface area contributed by atoms with Crippen molar-refractivity contribution < 1.29 is 19.1 Å². The average molecular weight is 376 g/mol. The Hall–Kier alpha value is -2.08. The van der Waals surface area contributed by atoms with Crippen LogP contribution in [0.25, 0.3) is 0 Å². The smallest absolute Gasteiger partial charge is 0.223 e. The largest absolute Gasteiger partial charge is 0.490 e. The number of hydrogen-bond acceptors (Lipinski definition) is 5. The highest BCUT2D eigenvalue weighted by Gasteiger charge is 2.18. The van der Waals surface area contributed by atoms with Crippen LogP contribution in [0.1, 0.15) is 56.3 Å². The summed E-state index contributed by atoms with van der Waals surface area (Å²) in [6.45, 7) is 8.49. The van der Waals surface area contributed by atoms with E-state index in [1.165, 1.54) is 0 Å². The van der Waals surface area contributed by atoms with E-state index < -0.39 is 0 Å². The third-order valence-electron chi connectivity index (χ3n) is 4.45. The van der Waals surface area contributed by atoms with Gasteiger partial charge in [-0.05, 0) is 44.0 Å². The van der Waals surface area contributed by atoms with Crippen LogP contribution in [0.15, 0.2) is 18.2 Å². The number of amides is 1. The lowest BCUT2D eigenvalue weighted by molar-refractivity contribution is -0.130. The molecule has 1 aliphatic heterocycles. The predicted molar refractivity (Wildman–Crippen MR) is 106 cm³/mol. The minimum atomic E-state index is -0.0420. The fourth-order valence-corrected chi connectivity index (χ4v) is 2.96. The van der Waals surface area contributed by atoms with Crippen molar-refractivity contribution in [3.8, 4) is 11.5 Å². The van der Waals surface area contributed by atoms with E-state index in [0.717, 1.165) is 38.9 Å². The highest BCUT2D eigenvalue weighted by atomic mass is 16.5. The molecule has 0 atom stereocenters. The molecule has 1 heterocycles. The fraction of sp³-hybridized carbons (Fsp3) is 0.619. The minimum Gasteiger partial charge on any atom is -0.490 e. The molecule has 0 saturated carbocycles. The molecule has 0 unspecified atom stereocenters. The molecule has 0 spiro atoms. The summed E-state index contributed by atoms with van der Waals surface area (Å²) in [7, 11) is 0. The molecule has 1 fully saturated rings. The molecule has 1 N–H and O–H groups in total. The van der Waals surface area contributed by atoms with Gasteiger partial charge in [-0.25, -0.2) is 0 Å². The van der Waals surface area contributed by atoms with Crippen molar-refractivity contribution in [2.45, 2.75) is 46.0 Å².